The van der Waals surface area contributed by atoms with Crippen molar-refractivity contribution in [3.63, 3.8) is 0 Å². The molecule has 0 fully saturated rings. The SMILES string of the molecule is CC.CCCOCC#Cc1ccc2ccccc2c1. The maximum absolute atomic E-state index is 5.32. The summed E-state index contributed by atoms with van der Waals surface area (Å²) in [5, 5.41) is 2.48. The summed E-state index contributed by atoms with van der Waals surface area (Å²) in [5.74, 6) is 6.15. The fourth-order valence-electron chi connectivity index (χ4n) is 1.67. The minimum absolute atomic E-state index is 0.515. The summed E-state index contributed by atoms with van der Waals surface area (Å²) < 4.78 is 5.32. The Labute approximate surface area is 116 Å². The lowest BCUT2D eigenvalue weighted by atomic mass is 10.1. The Bertz CT molecular complexity index is 546. The van der Waals surface area contributed by atoms with E-state index in [0.29, 0.717) is 6.61 Å². The number of ether oxygens (including phenoxy) is 1. The third-order valence-electron chi connectivity index (χ3n) is 2.50. The Hall–Kier alpha value is -1.78. The highest BCUT2D eigenvalue weighted by Gasteiger charge is 1.92. The first kappa shape index (κ1) is 15.3. The fourth-order valence-corrected chi connectivity index (χ4v) is 1.67. The van der Waals surface area contributed by atoms with Gasteiger partial charge in [0.2, 0.25) is 0 Å². The molecule has 0 radical (unpaired) electrons. The van der Waals surface area contributed by atoms with Crippen molar-refractivity contribution in [2.45, 2.75) is 27.2 Å². The first-order valence-electron chi connectivity index (χ1n) is 6.95. The van der Waals surface area contributed by atoms with Gasteiger partial charge in [-0.1, -0.05) is 62.9 Å². The van der Waals surface area contributed by atoms with Crippen molar-refractivity contribution < 1.29 is 4.74 Å². The van der Waals surface area contributed by atoms with Gasteiger partial charge in [-0.05, 0) is 29.3 Å². The topological polar surface area (TPSA) is 9.23 Å². The summed E-state index contributed by atoms with van der Waals surface area (Å²) in [6, 6.07) is 14.6. The van der Waals surface area contributed by atoms with Crippen molar-refractivity contribution >= 4 is 10.8 Å². The molecule has 0 aromatic heterocycles. The second-order valence-electron chi connectivity index (χ2n) is 3.92. The van der Waals surface area contributed by atoms with Gasteiger partial charge in [-0.2, -0.15) is 0 Å². The van der Waals surface area contributed by atoms with Gasteiger partial charge in [-0.3, -0.25) is 0 Å². The summed E-state index contributed by atoms with van der Waals surface area (Å²) in [6.45, 7) is 7.39. The van der Waals surface area contributed by atoms with Crippen molar-refractivity contribution in [2.75, 3.05) is 13.2 Å². The molecule has 2 rings (SSSR count). The van der Waals surface area contributed by atoms with Crippen molar-refractivity contribution in [1.82, 2.24) is 0 Å². The molecule has 2 aromatic carbocycles. The minimum atomic E-state index is 0.515. The second-order valence-corrected chi connectivity index (χ2v) is 3.92. The van der Waals surface area contributed by atoms with E-state index >= 15 is 0 Å². The van der Waals surface area contributed by atoms with Gasteiger partial charge in [0.05, 0.1) is 0 Å². The number of rotatable bonds is 3. The van der Waals surface area contributed by atoms with Crippen LogP contribution in [0.15, 0.2) is 42.5 Å². The molecule has 19 heavy (non-hydrogen) atoms. The Morgan fingerprint density at radius 1 is 1.00 bits per heavy atom. The second kappa shape index (κ2) is 9.19. The smallest absolute Gasteiger partial charge is 0.108 e. The zero-order valence-corrected chi connectivity index (χ0v) is 12.1. The lowest BCUT2D eigenvalue weighted by Gasteiger charge is -1.97. The van der Waals surface area contributed by atoms with Gasteiger partial charge in [0, 0.05) is 12.2 Å². The van der Waals surface area contributed by atoms with Gasteiger partial charge in [-0.15, -0.1) is 0 Å². The van der Waals surface area contributed by atoms with E-state index in [4.69, 9.17) is 4.74 Å². The van der Waals surface area contributed by atoms with E-state index in [0.717, 1.165) is 18.6 Å². The van der Waals surface area contributed by atoms with E-state index in [1.807, 2.05) is 26.0 Å². The molecule has 100 valence electrons. The molecule has 0 unspecified atom stereocenters. The zero-order chi connectivity index (χ0) is 13.9. The molecule has 0 atom stereocenters. The maximum atomic E-state index is 5.32. The average molecular weight is 254 g/mol. The van der Waals surface area contributed by atoms with Gasteiger partial charge in [0.1, 0.15) is 6.61 Å². The van der Waals surface area contributed by atoms with Gasteiger partial charge < -0.3 is 4.74 Å². The summed E-state index contributed by atoms with van der Waals surface area (Å²) in [7, 11) is 0. The molecule has 0 heterocycles. The van der Waals surface area contributed by atoms with Crippen LogP contribution in [-0.2, 0) is 4.74 Å². The number of hydrogen-bond acceptors (Lipinski definition) is 1. The summed E-state index contributed by atoms with van der Waals surface area (Å²) in [4.78, 5) is 0. The van der Waals surface area contributed by atoms with Crippen LogP contribution in [0.25, 0.3) is 10.8 Å². The van der Waals surface area contributed by atoms with E-state index < -0.39 is 0 Å². The highest BCUT2D eigenvalue weighted by molar-refractivity contribution is 5.83. The van der Waals surface area contributed by atoms with Crippen LogP contribution in [0.2, 0.25) is 0 Å². The molecule has 0 bridgehead atoms. The van der Waals surface area contributed by atoms with Crippen LogP contribution in [0.4, 0.5) is 0 Å². The van der Waals surface area contributed by atoms with E-state index in [1.54, 1.807) is 0 Å². The monoisotopic (exact) mass is 254 g/mol. The minimum Gasteiger partial charge on any atom is -0.369 e. The fraction of sp³-hybridized carbons (Fsp3) is 0.333. The highest BCUT2D eigenvalue weighted by Crippen LogP contribution is 2.14. The number of benzene rings is 2. The third-order valence-corrected chi connectivity index (χ3v) is 2.50. The van der Waals surface area contributed by atoms with Crippen molar-refractivity contribution in [2.24, 2.45) is 0 Å². The Morgan fingerprint density at radius 2 is 1.74 bits per heavy atom. The lowest BCUT2D eigenvalue weighted by Crippen LogP contribution is -1.91. The molecule has 0 aliphatic carbocycles. The summed E-state index contributed by atoms with van der Waals surface area (Å²) >= 11 is 0. The average Bonchev–Trinajstić information content (AvgIpc) is 2.49. The van der Waals surface area contributed by atoms with Gasteiger partial charge in [0.25, 0.3) is 0 Å². The van der Waals surface area contributed by atoms with Crippen LogP contribution in [0.3, 0.4) is 0 Å². The van der Waals surface area contributed by atoms with E-state index in [-0.39, 0.29) is 0 Å². The highest BCUT2D eigenvalue weighted by atomic mass is 16.5. The molecule has 0 N–H and O–H groups in total. The van der Waals surface area contributed by atoms with Crippen LogP contribution in [0.5, 0.6) is 0 Å². The van der Waals surface area contributed by atoms with Gasteiger partial charge in [-0.25, -0.2) is 0 Å². The summed E-state index contributed by atoms with van der Waals surface area (Å²) in [6.07, 6.45) is 1.04. The Balaban J connectivity index is 0.000000861. The molecule has 0 saturated carbocycles. The first-order chi connectivity index (χ1) is 9.40. The van der Waals surface area contributed by atoms with Crippen molar-refractivity contribution in [3.8, 4) is 11.8 Å². The molecular weight excluding hydrogens is 232 g/mol. The van der Waals surface area contributed by atoms with E-state index in [1.165, 1.54) is 10.8 Å². The zero-order valence-electron chi connectivity index (χ0n) is 12.1. The summed E-state index contributed by atoms with van der Waals surface area (Å²) in [5.41, 5.74) is 1.05. The van der Waals surface area contributed by atoms with Crippen LogP contribution < -0.4 is 0 Å². The van der Waals surface area contributed by atoms with E-state index in [9.17, 15) is 0 Å². The molecule has 1 nitrogen and oxygen atoms in total. The molecule has 2 aromatic rings. The van der Waals surface area contributed by atoms with Crippen LogP contribution in [0, 0.1) is 11.8 Å². The van der Waals surface area contributed by atoms with Gasteiger partial charge >= 0.3 is 0 Å². The molecule has 0 spiro atoms. The molecule has 0 amide bonds. The Kier molecular flexibility index (Phi) is 7.39. The molecular formula is C18H22O. The predicted molar refractivity (Wildman–Crippen MR) is 83.3 cm³/mol. The molecule has 1 heteroatoms. The quantitative estimate of drug-likeness (QED) is 0.572. The standard InChI is InChI=1S/C16H16O.C2H6/c1-2-11-17-12-5-6-14-9-10-15-7-3-4-8-16(15)13-14;1-2/h3-4,7-10,13H,2,11-12H2,1H3;1-2H3. The van der Waals surface area contributed by atoms with Gasteiger partial charge in [0.15, 0.2) is 0 Å². The molecule has 0 aliphatic heterocycles. The van der Waals surface area contributed by atoms with Crippen LogP contribution in [0.1, 0.15) is 32.8 Å². The number of hydrogen-bond donors (Lipinski definition) is 0. The van der Waals surface area contributed by atoms with Crippen molar-refractivity contribution in [1.29, 1.82) is 0 Å². The normalized spacial score (nSPS) is 9.21. The lowest BCUT2D eigenvalue weighted by molar-refractivity contribution is 0.168. The number of fused-ring (bicyclic) bond motifs is 1. The van der Waals surface area contributed by atoms with Crippen molar-refractivity contribution in [3.05, 3.63) is 48.0 Å². The van der Waals surface area contributed by atoms with Crippen LogP contribution >= 0.6 is 0 Å². The molecule has 0 saturated heterocycles. The van der Waals surface area contributed by atoms with Crippen LogP contribution in [-0.4, -0.2) is 13.2 Å². The largest absolute Gasteiger partial charge is 0.369 e. The first-order valence-corrected chi connectivity index (χ1v) is 6.95. The third kappa shape index (κ3) is 5.16. The molecule has 0 aliphatic rings. The van der Waals surface area contributed by atoms with E-state index in [2.05, 4.69) is 49.1 Å². The predicted octanol–water partition coefficient (Wildman–Crippen LogP) is 4.64. The Morgan fingerprint density at radius 3 is 2.47 bits per heavy atom. The maximum Gasteiger partial charge on any atom is 0.108 e.